The van der Waals surface area contributed by atoms with E-state index in [1.165, 1.54) is 0 Å². The van der Waals surface area contributed by atoms with E-state index in [1.807, 2.05) is 54.2 Å². The minimum Gasteiger partial charge on any atom is -0.287 e. The molecule has 0 fully saturated rings. The molecule has 0 unspecified atom stereocenters. The van der Waals surface area contributed by atoms with Crippen molar-refractivity contribution in [1.82, 2.24) is 0 Å². The third-order valence-corrected chi connectivity index (χ3v) is 3.43. The van der Waals surface area contributed by atoms with E-state index >= 15 is 0 Å². The first-order valence-corrected chi connectivity index (χ1v) is 7.08. The van der Waals surface area contributed by atoms with Crippen molar-refractivity contribution in [3.63, 3.8) is 0 Å². The first kappa shape index (κ1) is 13.4. The molecule has 0 saturated carbocycles. The second-order valence-electron chi connectivity index (χ2n) is 4.13. The van der Waals surface area contributed by atoms with Gasteiger partial charge in [-0.3, -0.25) is 4.79 Å². The molecular formula is C14H12Br2NO+. The van der Waals surface area contributed by atoms with Gasteiger partial charge in [0.15, 0.2) is 12.4 Å². The number of pyridine rings is 1. The van der Waals surface area contributed by atoms with Gasteiger partial charge < -0.3 is 0 Å². The van der Waals surface area contributed by atoms with Crippen LogP contribution in [0.5, 0.6) is 0 Å². The van der Waals surface area contributed by atoms with E-state index in [-0.39, 0.29) is 5.78 Å². The second-order valence-corrected chi connectivity index (χ2v) is 5.97. The molecule has 0 saturated heterocycles. The normalized spacial score (nSPS) is 10.4. The Morgan fingerprint density at radius 3 is 2.50 bits per heavy atom. The predicted octanol–water partition coefficient (Wildman–Crippen LogP) is 3.69. The Balaban J connectivity index is 2.22. The first-order chi connectivity index (χ1) is 8.54. The van der Waals surface area contributed by atoms with Crippen molar-refractivity contribution in [2.24, 2.45) is 0 Å². The number of rotatable bonds is 3. The van der Waals surface area contributed by atoms with Crippen LogP contribution >= 0.6 is 31.9 Å². The van der Waals surface area contributed by atoms with Crippen LogP contribution in [0.4, 0.5) is 0 Å². The van der Waals surface area contributed by atoms with E-state index in [0.29, 0.717) is 12.1 Å². The lowest BCUT2D eigenvalue weighted by Gasteiger charge is -2.01. The molecule has 92 valence electrons. The SMILES string of the molecule is Cc1ccc[n+](CC(=O)c2cc(Br)cc(Br)c2)c1. The Bertz CT molecular complexity index is 576. The molecule has 4 heteroatoms. The number of aryl methyl sites for hydroxylation is 1. The predicted molar refractivity (Wildman–Crippen MR) is 77.5 cm³/mol. The summed E-state index contributed by atoms with van der Waals surface area (Å²) in [6.45, 7) is 2.36. The zero-order chi connectivity index (χ0) is 13.1. The third kappa shape index (κ3) is 3.50. The van der Waals surface area contributed by atoms with Gasteiger partial charge in [0, 0.05) is 26.1 Å². The number of Topliss-reactive ketones (excluding diaryl/α,β-unsaturated/α-hetero) is 1. The minimum absolute atomic E-state index is 0.0904. The van der Waals surface area contributed by atoms with Gasteiger partial charge in [-0.1, -0.05) is 31.9 Å². The molecule has 2 rings (SSSR count). The standard InChI is InChI=1S/C14H12Br2NO/c1-10-3-2-4-17(8-10)9-14(18)11-5-12(15)7-13(16)6-11/h2-8H,9H2,1H3/q+1. The second kappa shape index (κ2) is 5.76. The molecular weight excluding hydrogens is 358 g/mol. The summed E-state index contributed by atoms with van der Waals surface area (Å²) < 4.78 is 3.69. The van der Waals surface area contributed by atoms with Gasteiger partial charge in [-0.05, 0) is 31.2 Å². The molecule has 2 nitrogen and oxygen atoms in total. The van der Waals surface area contributed by atoms with Gasteiger partial charge in [0.05, 0.1) is 0 Å². The molecule has 2 aromatic rings. The number of aromatic nitrogens is 1. The van der Waals surface area contributed by atoms with Crippen molar-refractivity contribution in [2.45, 2.75) is 13.5 Å². The zero-order valence-corrected chi connectivity index (χ0v) is 13.0. The molecule has 0 aliphatic rings. The van der Waals surface area contributed by atoms with Crippen LogP contribution in [-0.2, 0) is 6.54 Å². The highest BCUT2D eigenvalue weighted by atomic mass is 79.9. The number of carbonyl (C=O) groups is 1. The number of benzene rings is 1. The van der Waals surface area contributed by atoms with Gasteiger partial charge >= 0.3 is 0 Å². The highest BCUT2D eigenvalue weighted by molar-refractivity contribution is 9.11. The van der Waals surface area contributed by atoms with Crippen LogP contribution in [0.1, 0.15) is 15.9 Å². The first-order valence-electron chi connectivity index (χ1n) is 5.49. The average Bonchev–Trinajstić information content (AvgIpc) is 2.27. The lowest BCUT2D eigenvalue weighted by atomic mass is 10.1. The van der Waals surface area contributed by atoms with E-state index in [2.05, 4.69) is 31.9 Å². The summed E-state index contributed by atoms with van der Waals surface area (Å²) in [5.41, 5.74) is 1.84. The highest BCUT2D eigenvalue weighted by Crippen LogP contribution is 2.20. The van der Waals surface area contributed by atoms with Crippen molar-refractivity contribution in [2.75, 3.05) is 0 Å². The minimum atomic E-state index is 0.0904. The fraction of sp³-hybridized carbons (Fsp3) is 0.143. The van der Waals surface area contributed by atoms with Gasteiger partial charge in [-0.2, -0.15) is 4.57 Å². The van der Waals surface area contributed by atoms with Crippen LogP contribution in [0, 0.1) is 6.92 Å². The Kier molecular flexibility index (Phi) is 4.30. The molecule has 0 N–H and O–H groups in total. The largest absolute Gasteiger partial charge is 0.287 e. The maximum atomic E-state index is 12.2. The molecule has 1 aromatic carbocycles. The smallest absolute Gasteiger partial charge is 0.227 e. The van der Waals surface area contributed by atoms with Crippen molar-refractivity contribution >= 4 is 37.6 Å². The molecule has 0 amide bonds. The number of hydrogen-bond donors (Lipinski definition) is 0. The number of ketones is 1. The van der Waals surface area contributed by atoms with Gasteiger partial charge in [0.2, 0.25) is 12.3 Å². The summed E-state index contributed by atoms with van der Waals surface area (Å²) in [7, 11) is 0. The number of carbonyl (C=O) groups excluding carboxylic acids is 1. The lowest BCUT2D eigenvalue weighted by molar-refractivity contribution is -0.683. The summed E-state index contributed by atoms with van der Waals surface area (Å²) in [4.78, 5) is 12.2. The average molecular weight is 370 g/mol. The number of nitrogens with zero attached hydrogens (tertiary/aromatic N) is 1. The van der Waals surface area contributed by atoms with E-state index in [0.717, 1.165) is 14.5 Å². The van der Waals surface area contributed by atoms with Crippen molar-refractivity contribution < 1.29 is 9.36 Å². The monoisotopic (exact) mass is 368 g/mol. The molecule has 0 spiro atoms. The van der Waals surface area contributed by atoms with E-state index in [4.69, 9.17) is 0 Å². The maximum Gasteiger partial charge on any atom is 0.227 e. The number of halogens is 2. The summed E-state index contributed by atoms with van der Waals surface area (Å²) in [5, 5.41) is 0. The zero-order valence-electron chi connectivity index (χ0n) is 9.86. The lowest BCUT2D eigenvalue weighted by Crippen LogP contribution is -2.37. The highest BCUT2D eigenvalue weighted by Gasteiger charge is 2.13. The molecule has 0 aliphatic heterocycles. The Morgan fingerprint density at radius 2 is 1.89 bits per heavy atom. The van der Waals surface area contributed by atoms with Crippen LogP contribution in [0.3, 0.4) is 0 Å². The fourth-order valence-electron chi connectivity index (χ4n) is 1.72. The van der Waals surface area contributed by atoms with Crippen LogP contribution in [-0.4, -0.2) is 5.78 Å². The van der Waals surface area contributed by atoms with Crippen LogP contribution in [0.15, 0.2) is 51.7 Å². The summed E-state index contributed by atoms with van der Waals surface area (Å²) in [6, 6.07) is 9.54. The van der Waals surface area contributed by atoms with Gasteiger partial charge in [0.1, 0.15) is 0 Å². The Morgan fingerprint density at radius 1 is 1.22 bits per heavy atom. The van der Waals surface area contributed by atoms with E-state index in [1.54, 1.807) is 0 Å². The molecule has 18 heavy (non-hydrogen) atoms. The molecule has 0 aliphatic carbocycles. The topological polar surface area (TPSA) is 20.9 Å². The van der Waals surface area contributed by atoms with Gasteiger partial charge in [-0.15, -0.1) is 0 Å². The van der Waals surface area contributed by atoms with E-state index < -0.39 is 0 Å². The molecule has 0 radical (unpaired) electrons. The third-order valence-electron chi connectivity index (χ3n) is 2.52. The van der Waals surface area contributed by atoms with Gasteiger partial charge in [0.25, 0.3) is 0 Å². The summed E-state index contributed by atoms with van der Waals surface area (Å²) in [5.74, 6) is 0.0904. The maximum absolute atomic E-state index is 12.2. The van der Waals surface area contributed by atoms with Crippen LogP contribution < -0.4 is 4.57 Å². The molecule has 1 heterocycles. The molecule has 0 bridgehead atoms. The molecule has 1 aromatic heterocycles. The summed E-state index contributed by atoms with van der Waals surface area (Å²) in [6.07, 6.45) is 3.86. The van der Waals surface area contributed by atoms with Gasteiger partial charge in [-0.25, -0.2) is 0 Å². The van der Waals surface area contributed by atoms with Crippen molar-refractivity contribution in [3.8, 4) is 0 Å². The van der Waals surface area contributed by atoms with E-state index in [9.17, 15) is 4.79 Å². The van der Waals surface area contributed by atoms with Crippen LogP contribution in [0.25, 0.3) is 0 Å². The number of hydrogen-bond acceptors (Lipinski definition) is 1. The summed E-state index contributed by atoms with van der Waals surface area (Å²) >= 11 is 6.78. The van der Waals surface area contributed by atoms with Crippen molar-refractivity contribution in [3.05, 3.63) is 62.8 Å². The fourth-order valence-corrected chi connectivity index (χ4v) is 3.02. The quantitative estimate of drug-likeness (QED) is 0.597. The van der Waals surface area contributed by atoms with Crippen LogP contribution in [0.2, 0.25) is 0 Å². The molecule has 0 atom stereocenters. The Labute approximate surface area is 123 Å². The Hall–Kier alpha value is -1.000. The van der Waals surface area contributed by atoms with Crippen molar-refractivity contribution in [1.29, 1.82) is 0 Å².